The van der Waals surface area contributed by atoms with Gasteiger partial charge in [0.05, 0.1) is 12.6 Å². The molecule has 1 aromatic heterocycles. The van der Waals surface area contributed by atoms with E-state index in [1.54, 1.807) is 36.7 Å². The van der Waals surface area contributed by atoms with E-state index in [0.717, 1.165) is 42.6 Å². The van der Waals surface area contributed by atoms with Crippen molar-refractivity contribution in [1.29, 1.82) is 5.26 Å². The zero-order valence-corrected chi connectivity index (χ0v) is 23.2. The number of hydrogen-bond donors (Lipinski definition) is 1. The highest BCUT2D eigenvalue weighted by Gasteiger charge is 2.44. The monoisotopic (exact) mass is 553 g/mol. The van der Waals surface area contributed by atoms with E-state index in [1.165, 1.54) is 4.90 Å². The maximum atomic E-state index is 14.3. The third-order valence-corrected chi connectivity index (χ3v) is 7.68. The minimum atomic E-state index is -3.02. The Hall–Kier alpha value is -3.58. The summed E-state index contributed by atoms with van der Waals surface area (Å²) in [6, 6.07) is 8.67. The number of halogens is 2. The lowest BCUT2D eigenvalue weighted by molar-refractivity contribution is -0.158. The van der Waals surface area contributed by atoms with Gasteiger partial charge in [-0.05, 0) is 42.0 Å². The smallest absolute Gasteiger partial charge is 0.345 e. The van der Waals surface area contributed by atoms with Gasteiger partial charge in [0.25, 0.3) is 5.91 Å². The van der Waals surface area contributed by atoms with Gasteiger partial charge in [-0.3, -0.25) is 24.4 Å². The zero-order valence-electron chi connectivity index (χ0n) is 23.2. The van der Waals surface area contributed by atoms with Crippen LogP contribution in [0.15, 0.2) is 48.8 Å². The number of benzene rings is 1. The van der Waals surface area contributed by atoms with E-state index in [-0.39, 0.29) is 30.3 Å². The third kappa shape index (κ3) is 6.94. The first-order valence-electron chi connectivity index (χ1n) is 13.8. The predicted octanol–water partition coefficient (Wildman–Crippen LogP) is 5.07. The molecule has 2 heterocycles. The van der Waals surface area contributed by atoms with E-state index in [2.05, 4.69) is 35.8 Å². The number of pyridine rings is 1. The Kier molecular flexibility index (Phi) is 9.36. The number of nitrogens with zero attached hydrogens (tertiary/aromatic N) is 4. The molecule has 2 aliphatic rings. The third-order valence-electron chi connectivity index (χ3n) is 7.68. The van der Waals surface area contributed by atoms with E-state index in [9.17, 15) is 23.6 Å². The van der Waals surface area contributed by atoms with Crippen LogP contribution in [0.1, 0.15) is 76.5 Å². The summed E-state index contributed by atoms with van der Waals surface area (Å²) in [5.74, 6) is -0.895. The quantitative estimate of drug-likeness (QED) is 0.459. The van der Waals surface area contributed by atoms with Crippen LogP contribution >= 0.6 is 0 Å². The van der Waals surface area contributed by atoms with Crippen LogP contribution in [0.5, 0.6) is 0 Å². The fourth-order valence-corrected chi connectivity index (χ4v) is 5.55. The predicted molar refractivity (Wildman–Crippen MR) is 146 cm³/mol. The van der Waals surface area contributed by atoms with Crippen LogP contribution in [0, 0.1) is 11.5 Å². The molecule has 2 aromatic rings. The molecule has 0 radical (unpaired) electrons. The summed E-state index contributed by atoms with van der Waals surface area (Å²) in [6.07, 6.45) is 8.87. The second-order valence-electron chi connectivity index (χ2n) is 11.6. The number of carbonyl (C=O) groups excluding carboxylic acids is 2. The molecule has 40 heavy (non-hydrogen) atoms. The Morgan fingerprint density at radius 1 is 1.15 bits per heavy atom. The number of nitriles is 1. The molecule has 214 valence electrons. The lowest BCUT2D eigenvalue weighted by Gasteiger charge is -2.35. The Bertz CT molecular complexity index is 1190. The molecule has 0 spiro atoms. The first-order valence-corrected chi connectivity index (χ1v) is 13.8. The number of alkyl halides is 2. The molecule has 2 fully saturated rings. The van der Waals surface area contributed by atoms with Crippen LogP contribution in [-0.2, 0) is 19.7 Å². The Labute approximate surface area is 234 Å². The number of hydrogen-bond acceptors (Lipinski definition) is 6. The fraction of sp³-hybridized carbons (Fsp3) is 0.533. The summed E-state index contributed by atoms with van der Waals surface area (Å²) >= 11 is 0. The molecule has 3 atom stereocenters. The van der Waals surface area contributed by atoms with Gasteiger partial charge in [0, 0.05) is 36.1 Å². The molecule has 1 aliphatic carbocycles. The molecule has 1 saturated carbocycles. The molecule has 10 heteroatoms. The molecule has 2 amide bonds. The van der Waals surface area contributed by atoms with Crippen molar-refractivity contribution in [3.63, 3.8) is 0 Å². The fourth-order valence-electron chi connectivity index (χ4n) is 5.55. The molecule has 8 nitrogen and oxygen atoms in total. The minimum absolute atomic E-state index is 0.00782. The Morgan fingerprint density at radius 2 is 1.85 bits per heavy atom. The Balaban J connectivity index is 1.77. The number of carbonyl (C=O) groups is 2. The van der Waals surface area contributed by atoms with Crippen LogP contribution in [0.25, 0.3) is 0 Å². The van der Waals surface area contributed by atoms with E-state index in [1.807, 2.05) is 18.3 Å². The van der Waals surface area contributed by atoms with Crippen LogP contribution in [0.4, 0.5) is 14.5 Å². The summed E-state index contributed by atoms with van der Waals surface area (Å²) in [7, 11) is 0. The summed E-state index contributed by atoms with van der Waals surface area (Å²) in [5, 5.41) is 12.9. The summed E-state index contributed by atoms with van der Waals surface area (Å²) in [5.41, 5.74) is 1.86. The van der Waals surface area contributed by atoms with Crippen LogP contribution in [0.3, 0.4) is 0 Å². The van der Waals surface area contributed by atoms with Crippen molar-refractivity contribution in [2.24, 2.45) is 0 Å². The second kappa shape index (κ2) is 12.7. The van der Waals surface area contributed by atoms with Crippen molar-refractivity contribution in [3.05, 3.63) is 59.9 Å². The molecule has 1 aromatic carbocycles. The first kappa shape index (κ1) is 29.4. The largest absolute Gasteiger partial charge is 0.351 e. The SMILES string of the molecule is CC(C)(C)c1ccc(N(C(=O)[C@H]2C[C@H](OC(F)F)CN2C#N)C(C(=O)NC2CCCCC2)c2cccnc2)cc1. The van der Waals surface area contributed by atoms with Crippen LogP contribution < -0.4 is 10.2 Å². The van der Waals surface area contributed by atoms with Crippen molar-refractivity contribution >= 4 is 17.5 Å². The van der Waals surface area contributed by atoms with Gasteiger partial charge in [0.1, 0.15) is 12.1 Å². The second-order valence-corrected chi connectivity index (χ2v) is 11.6. The van der Waals surface area contributed by atoms with Gasteiger partial charge < -0.3 is 10.1 Å². The molecule has 1 saturated heterocycles. The number of anilines is 1. The van der Waals surface area contributed by atoms with Crippen LogP contribution in [-0.4, -0.2) is 53.0 Å². The van der Waals surface area contributed by atoms with E-state index < -0.39 is 30.7 Å². The van der Waals surface area contributed by atoms with E-state index in [0.29, 0.717) is 11.3 Å². The number of ether oxygens (including phenoxy) is 1. The topological polar surface area (TPSA) is 98.6 Å². The van der Waals surface area contributed by atoms with Gasteiger partial charge in [-0.1, -0.05) is 58.2 Å². The van der Waals surface area contributed by atoms with Crippen molar-refractivity contribution in [1.82, 2.24) is 15.2 Å². The zero-order chi connectivity index (χ0) is 28.9. The average Bonchev–Trinajstić information content (AvgIpc) is 3.34. The molecule has 0 bridgehead atoms. The molecular formula is C30H37F2N5O3. The number of likely N-dealkylation sites (tertiary alicyclic amines) is 1. The van der Waals surface area contributed by atoms with Gasteiger partial charge >= 0.3 is 6.61 Å². The molecule has 4 rings (SSSR count). The number of aromatic nitrogens is 1. The molecular weight excluding hydrogens is 516 g/mol. The van der Waals surface area contributed by atoms with Crippen molar-refractivity contribution < 1.29 is 23.1 Å². The van der Waals surface area contributed by atoms with Crippen molar-refractivity contribution in [2.45, 2.75) is 95.6 Å². The van der Waals surface area contributed by atoms with Gasteiger partial charge in [0.2, 0.25) is 5.91 Å². The summed E-state index contributed by atoms with van der Waals surface area (Å²) in [6.45, 7) is 3.07. The molecule has 1 unspecified atom stereocenters. The van der Waals surface area contributed by atoms with Crippen molar-refractivity contribution in [3.8, 4) is 6.19 Å². The highest BCUT2D eigenvalue weighted by molar-refractivity contribution is 6.04. The lowest BCUT2D eigenvalue weighted by atomic mass is 9.87. The Morgan fingerprint density at radius 3 is 2.42 bits per heavy atom. The van der Waals surface area contributed by atoms with Gasteiger partial charge in [-0.2, -0.15) is 14.0 Å². The summed E-state index contributed by atoms with van der Waals surface area (Å²) in [4.78, 5) is 35.1. The number of amides is 2. The normalized spacial score (nSPS) is 20.7. The van der Waals surface area contributed by atoms with Gasteiger partial charge in [0.15, 0.2) is 6.19 Å². The minimum Gasteiger partial charge on any atom is -0.351 e. The standard InChI is InChI=1S/C30H37F2N5O3/c1-30(2,3)21-11-13-23(14-12-21)37(28(39)25-16-24(40-29(31)32)18-36(25)19-33)26(20-8-7-15-34-17-20)27(38)35-22-9-5-4-6-10-22/h7-8,11-15,17,22,24-26,29H,4-6,9-10,16,18H2,1-3H3,(H,35,38)/t24-,25+,26?/m0/s1. The number of rotatable bonds is 8. The van der Waals surface area contributed by atoms with Crippen LogP contribution in [0.2, 0.25) is 0 Å². The van der Waals surface area contributed by atoms with Crippen molar-refractivity contribution in [2.75, 3.05) is 11.4 Å². The lowest BCUT2D eigenvalue weighted by Crippen LogP contribution is -2.51. The van der Waals surface area contributed by atoms with Gasteiger partial charge in [-0.25, -0.2) is 0 Å². The molecule has 1 N–H and O–H groups in total. The van der Waals surface area contributed by atoms with Gasteiger partial charge in [-0.15, -0.1) is 0 Å². The molecule has 1 aliphatic heterocycles. The number of nitrogens with one attached hydrogen (secondary N) is 1. The highest BCUT2D eigenvalue weighted by Crippen LogP contribution is 2.34. The first-order chi connectivity index (χ1) is 19.1. The summed E-state index contributed by atoms with van der Waals surface area (Å²) < 4.78 is 30.7. The highest BCUT2D eigenvalue weighted by atomic mass is 19.3. The maximum absolute atomic E-state index is 14.3. The average molecular weight is 554 g/mol. The maximum Gasteiger partial charge on any atom is 0.345 e. The van der Waals surface area contributed by atoms with E-state index >= 15 is 0 Å². The van der Waals surface area contributed by atoms with E-state index in [4.69, 9.17) is 0 Å².